The van der Waals surface area contributed by atoms with Crippen molar-refractivity contribution in [1.82, 2.24) is 24.5 Å². The zero-order valence-corrected chi connectivity index (χ0v) is 16.7. The van der Waals surface area contributed by atoms with E-state index in [1.54, 1.807) is 27.5 Å². The summed E-state index contributed by atoms with van der Waals surface area (Å²) in [4.78, 5) is 30.0. The topological polar surface area (TPSA) is 104 Å². The number of nitrogens with one attached hydrogen (secondary N) is 1. The minimum absolute atomic E-state index is 0.134. The number of hydrogen-bond acceptors (Lipinski definition) is 5. The number of fused-ring (bicyclic) bond motifs is 3. The molecule has 0 aliphatic carbocycles. The molecule has 30 heavy (non-hydrogen) atoms. The highest BCUT2D eigenvalue weighted by molar-refractivity contribution is 5.97. The lowest BCUT2D eigenvalue weighted by Crippen LogP contribution is -2.33. The Kier molecular flexibility index (Phi) is 5.58. The van der Waals surface area contributed by atoms with Crippen molar-refractivity contribution in [3.05, 3.63) is 75.8 Å². The van der Waals surface area contributed by atoms with E-state index in [4.69, 9.17) is 0 Å². The first-order valence-corrected chi connectivity index (χ1v) is 9.96. The Bertz CT molecular complexity index is 1250. The van der Waals surface area contributed by atoms with Gasteiger partial charge in [0.2, 0.25) is 5.65 Å². The molecule has 2 heterocycles. The highest BCUT2D eigenvalue weighted by atomic mass is 16.3. The summed E-state index contributed by atoms with van der Waals surface area (Å²) in [6.45, 7) is 2.51. The van der Waals surface area contributed by atoms with Crippen LogP contribution in [0.5, 0.6) is 0 Å². The average Bonchev–Trinajstić information content (AvgIpc) is 3.18. The van der Waals surface area contributed by atoms with Gasteiger partial charge in [-0.3, -0.25) is 14.0 Å². The Labute approximate surface area is 172 Å². The Morgan fingerprint density at radius 2 is 1.97 bits per heavy atom. The second-order valence-corrected chi connectivity index (χ2v) is 7.15. The van der Waals surface area contributed by atoms with Crippen molar-refractivity contribution in [2.24, 2.45) is 0 Å². The Morgan fingerprint density at radius 3 is 2.70 bits per heavy atom. The number of amides is 1. The molecule has 0 aliphatic rings. The fourth-order valence-corrected chi connectivity index (χ4v) is 3.60. The molecule has 4 rings (SSSR count). The third-order valence-electron chi connectivity index (χ3n) is 5.01. The maximum atomic E-state index is 13.1. The van der Waals surface area contributed by atoms with Crippen LogP contribution in [-0.2, 0) is 13.0 Å². The second kappa shape index (κ2) is 8.46. The number of nitrogens with zero attached hydrogens (tertiary/aromatic N) is 4. The van der Waals surface area contributed by atoms with Gasteiger partial charge in [-0.05, 0) is 30.2 Å². The maximum absolute atomic E-state index is 13.1. The van der Waals surface area contributed by atoms with Crippen molar-refractivity contribution in [1.29, 1.82) is 0 Å². The van der Waals surface area contributed by atoms with Gasteiger partial charge in [0.1, 0.15) is 5.82 Å². The van der Waals surface area contributed by atoms with Gasteiger partial charge in [0.15, 0.2) is 0 Å². The van der Waals surface area contributed by atoms with E-state index in [2.05, 4.69) is 15.2 Å². The molecule has 8 nitrogen and oxygen atoms in total. The molecule has 8 heteroatoms. The molecular weight excluding hydrogens is 382 g/mol. The van der Waals surface area contributed by atoms with Crippen molar-refractivity contribution in [3.63, 3.8) is 0 Å². The number of aliphatic hydroxyl groups is 1. The van der Waals surface area contributed by atoms with Crippen molar-refractivity contribution in [2.75, 3.05) is 13.2 Å². The van der Waals surface area contributed by atoms with E-state index >= 15 is 0 Å². The largest absolute Gasteiger partial charge is 0.395 e. The molecule has 0 spiro atoms. The number of carbonyl (C=O) groups excluding carboxylic acids is 1. The summed E-state index contributed by atoms with van der Waals surface area (Å²) in [5.74, 6) is 0.502. The predicted octanol–water partition coefficient (Wildman–Crippen LogP) is 2.16. The smallest absolute Gasteiger partial charge is 0.294 e. The summed E-state index contributed by atoms with van der Waals surface area (Å²) in [7, 11) is 0. The summed E-state index contributed by atoms with van der Waals surface area (Å²) in [6.07, 6.45) is 1.57. The van der Waals surface area contributed by atoms with E-state index in [1.807, 2.05) is 37.3 Å². The van der Waals surface area contributed by atoms with E-state index in [-0.39, 0.29) is 30.3 Å². The fraction of sp³-hybridized carbons (Fsp3) is 0.273. The number of H-pyrrole nitrogens is 1. The monoisotopic (exact) mass is 405 g/mol. The number of aromatic nitrogens is 4. The van der Waals surface area contributed by atoms with Gasteiger partial charge in [0.25, 0.3) is 11.5 Å². The lowest BCUT2D eigenvalue weighted by atomic mass is 10.1. The number of hydrogen-bond donors (Lipinski definition) is 2. The third-order valence-corrected chi connectivity index (χ3v) is 5.01. The van der Waals surface area contributed by atoms with Gasteiger partial charge in [0, 0.05) is 25.1 Å². The lowest BCUT2D eigenvalue weighted by Gasteiger charge is -2.22. The molecule has 4 aromatic rings. The van der Waals surface area contributed by atoms with E-state index in [0.717, 1.165) is 17.5 Å². The first-order chi connectivity index (χ1) is 14.6. The van der Waals surface area contributed by atoms with Crippen LogP contribution < -0.4 is 5.56 Å². The van der Waals surface area contributed by atoms with Crippen LogP contribution in [0.2, 0.25) is 0 Å². The first kappa shape index (κ1) is 19.8. The SMILES string of the molecule is CCCc1nnc2c(=O)[nH]c3cc(C(=O)N(CCO)Cc4ccccc4)ccc3n12. The maximum Gasteiger partial charge on any atom is 0.294 e. The van der Waals surface area contributed by atoms with E-state index < -0.39 is 0 Å². The Morgan fingerprint density at radius 1 is 1.17 bits per heavy atom. The van der Waals surface area contributed by atoms with Gasteiger partial charge in [-0.15, -0.1) is 10.2 Å². The zero-order chi connectivity index (χ0) is 21.1. The summed E-state index contributed by atoms with van der Waals surface area (Å²) in [6, 6.07) is 14.8. The molecule has 0 atom stereocenters. The Hall–Kier alpha value is -3.52. The lowest BCUT2D eigenvalue weighted by molar-refractivity contribution is 0.0708. The molecular formula is C22H23N5O3. The van der Waals surface area contributed by atoms with Crippen LogP contribution in [0.25, 0.3) is 16.7 Å². The molecule has 2 aromatic heterocycles. The van der Waals surface area contributed by atoms with Gasteiger partial charge in [-0.25, -0.2) is 0 Å². The molecule has 0 bridgehead atoms. The fourth-order valence-electron chi connectivity index (χ4n) is 3.60. The molecule has 1 amide bonds. The minimum atomic E-state index is -0.349. The van der Waals surface area contributed by atoms with Gasteiger partial charge in [-0.2, -0.15) is 0 Å². The van der Waals surface area contributed by atoms with Gasteiger partial charge in [0.05, 0.1) is 17.6 Å². The van der Waals surface area contributed by atoms with Gasteiger partial charge < -0.3 is 15.0 Å². The van der Waals surface area contributed by atoms with E-state index in [1.165, 1.54) is 0 Å². The summed E-state index contributed by atoms with van der Waals surface area (Å²) in [5, 5.41) is 17.6. The highest BCUT2D eigenvalue weighted by Gasteiger charge is 2.18. The number of aliphatic hydroxyl groups excluding tert-OH is 1. The summed E-state index contributed by atoms with van der Waals surface area (Å²) in [5.41, 5.74) is 2.59. The van der Waals surface area contributed by atoms with Crippen molar-refractivity contribution in [3.8, 4) is 0 Å². The van der Waals surface area contributed by atoms with Crippen LogP contribution in [-0.4, -0.2) is 48.6 Å². The average molecular weight is 405 g/mol. The van der Waals surface area contributed by atoms with Gasteiger partial charge >= 0.3 is 0 Å². The van der Waals surface area contributed by atoms with Crippen molar-refractivity contribution < 1.29 is 9.90 Å². The molecule has 0 radical (unpaired) electrons. The number of aromatic amines is 1. The van der Waals surface area contributed by atoms with Crippen LogP contribution in [0.1, 0.15) is 35.1 Å². The molecule has 2 aromatic carbocycles. The van der Waals surface area contributed by atoms with Crippen LogP contribution >= 0.6 is 0 Å². The third kappa shape index (κ3) is 3.69. The highest BCUT2D eigenvalue weighted by Crippen LogP contribution is 2.18. The predicted molar refractivity (Wildman–Crippen MR) is 113 cm³/mol. The second-order valence-electron chi connectivity index (χ2n) is 7.15. The standard InChI is InChI=1S/C22H23N5O3/c1-2-6-19-24-25-20-21(29)23-17-13-16(9-10-18(17)27(19)20)22(30)26(11-12-28)14-15-7-4-3-5-8-15/h3-5,7-10,13,28H,2,6,11-12,14H2,1H3,(H,23,29). The Balaban J connectivity index is 1.74. The first-order valence-electron chi connectivity index (χ1n) is 9.96. The molecule has 154 valence electrons. The van der Waals surface area contributed by atoms with Crippen LogP contribution in [0.3, 0.4) is 0 Å². The van der Waals surface area contributed by atoms with Crippen LogP contribution in [0, 0.1) is 0 Å². The number of aryl methyl sites for hydroxylation is 1. The molecule has 0 fully saturated rings. The molecule has 0 saturated heterocycles. The molecule has 0 aliphatic heterocycles. The van der Waals surface area contributed by atoms with Gasteiger partial charge in [-0.1, -0.05) is 37.3 Å². The van der Waals surface area contributed by atoms with Crippen molar-refractivity contribution in [2.45, 2.75) is 26.3 Å². The normalized spacial score (nSPS) is 11.3. The zero-order valence-electron chi connectivity index (χ0n) is 16.7. The number of rotatable bonds is 7. The van der Waals surface area contributed by atoms with Crippen LogP contribution in [0.15, 0.2) is 53.3 Å². The van der Waals surface area contributed by atoms with Crippen LogP contribution in [0.4, 0.5) is 0 Å². The minimum Gasteiger partial charge on any atom is -0.395 e. The molecule has 0 saturated carbocycles. The molecule has 2 N–H and O–H groups in total. The number of carbonyl (C=O) groups is 1. The van der Waals surface area contributed by atoms with E-state index in [0.29, 0.717) is 29.9 Å². The van der Waals surface area contributed by atoms with E-state index in [9.17, 15) is 14.7 Å². The molecule has 0 unspecified atom stereocenters. The van der Waals surface area contributed by atoms with Crippen molar-refractivity contribution >= 4 is 22.6 Å². The summed E-state index contributed by atoms with van der Waals surface area (Å²) >= 11 is 0. The quantitative estimate of drug-likeness (QED) is 0.490. The summed E-state index contributed by atoms with van der Waals surface area (Å²) < 4.78 is 1.75. The number of benzene rings is 2.